The van der Waals surface area contributed by atoms with E-state index >= 15 is 0 Å². The third-order valence-electron chi connectivity index (χ3n) is 4.33. The zero-order valence-corrected chi connectivity index (χ0v) is 16.9. The number of hydrogen-bond acceptors (Lipinski definition) is 6. The van der Waals surface area contributed by atoms with Gasteiger partial charge in [0.2, 0.25) is 11.9 Å². The Kier molecular flexibility index (Phi) is 5.77. The van der Waals surface area contributed by atoms with Crippen molar-refractivity contribution >= 4 is 52.5 Å². The Hall–Kier alpha value is -1.48. The van der Waals surface area contributed by atoms with Crippen LogP contribution in [0.15, 0.2) is 23.4 Å². The van der Waals surface area contributed by atoms with Gasteiger partial charge in [0.1, 0.15) is 0 Å². The number of carbonyl (C=O) groups excluding carboxylic acids is 1. The van der Waals surface area contributed by atoms with Crippen molar-refractivity contribution in [2.75, 3.05) is 42.3 Å². The van der Waals surface area contributed by atoms with Crippen LogP contribution in [0.3, 0.4) is 0 Å². The van der Waals surface area contributed by atoms with Gasteiger partial charge in [0.25, 0.3) is 0 Å². The average molecular weight is 428 g/mol. The summed E-state index contributed by atoms with van der Waals surface area (Å²) in [6.07, 6.45) is 2.24. The number of morpholine rings is 1. The van der Waals surface area contributed by atoms with Gasteiger partial charge in [-0.15, -0.1) is 10.2 Å². The van der Waals surface area contributed by atoms with Crippen molar-refractivity contribution < 1.29 is 9.53 Å². The molecule has 27 heavy (non-hydrogen) atoms. The molecule has 0 atom stereocenters. The van der Waals surface area contributed by atoms with Crippen LogP contribution in [0, 0.1) is 0 Å². The molecule has 1 aliphatic carbocycles. The van der Waals surface area contributed by atoms with Crippen LogP contribution in [0.2, 0.25) is 10.0 Å². The Morgan fingerprint density at radius 3 is 2.56 bits per heavy atom. The van der Waals surface area contributed by atoms with E-state index in [2.05, 4.69) is 25.0 Å². The van der Waals surface area contributed by atoms with Crippen molar-refractivity contribution in [1.29, 1.82) is 0 Å². The van der Waals surface area contributed by atoms with Crippen molar-refractivity contribution in [1.82, 2.24) is 14.8 Å². The van der Waals surface area contributed by atoms with Gasteiger partial charge < -0.3 is 15.0 Å². The van der Waals surface area contributed by atoms with Crippen LogP contribution in [-0.4, -0.2) is 52.7 Å². The van der Waals surface area contributed by atoms with E-state index in [0.29, 0.717) is 35.0 Å². The number of thioether (sulfide) groups is 1. The SMILES string of the molecule is O=C(CSc1nnc(N2CCOCC2)n1C1CC1)Nc1cc(Cl)cc(Cl)c1. The van der Waals surface area contributed by atoms with Crippen molar-refractivity contribution in [2.24, 2.45) is 0 Å². The number of halogens is 2. The predicted molar refractivity (Wildman–Crippen MR) is 107 cm³/mol. The fourth-order valence-electron chi connectivity index (χ4n) is 2.95. The van der Waals surface area contributed by atoms with Crippen LogP contribution >= 0.6 is 35.0 Å². The molecule has 0 radical (unpaired) electrons. The number of benzene rings is 1. The fraction of sp³-hybridized carbons (Fsp3) is 0.471. The molecule has 0 bridgehead atoms. The second kappa shape index (κ2) is 8.26. The van der Waals surface area contributed by atoms with Crippen molar-refractivity contribution in [3.63, 3.8) is 0 Å². The molecule has 1 saturated heterocycles. The van der Waals surface area contributed by atoms with Gasteiger partial charge in [-0.05, 0) is 31.0 Å². The summed E-state index contributed by atoms with van der Waals surface area (Å²) in [7, 11) is 0. The molecule has 10 heteroatoms. The summed E-state index contributed by atoms with van der Waals surface area (Å²) in [5.41, 5.74) is 0.579. The minimum absolute atomic E-state index is 0.142. The molecule has 2 fully saturated rings. The zero-order chi connectivity index (χ0) is 18.8. The Morgan fingerprint density at radius 1 is 1.19 bits per heavy atom. The molecule has 1 amide bonds. The molecule has 1 aromatic heterocycles. The molecule has 1 N–H and O–H groups in total. The standard InChI is InChI=1S/C17H19Cl2N5O2S/c18-11-7-12(19)9-13(8-11)20-15(25)10-27-17-22-21-16(24(17)14-1-2-14)23-3-5-26-6-4-23/h7-9,14H,1-6,10H2,(H,20,25). The Morgan fingerprint density at radius 2 is 1.89 bits per heavy atom. The molecule has 1 saturated carbocycles. The summed E-state index contributed by atoms with van der Waals surface area (Å²) < 4.78 is 7.59. The number of nitrogens with zero attached hydrogens (tertiary/aromatic N) is 4. The summed E-state index contributed by atoms with van der Waals surface area (Å²) in [5, 5.41) is 13.3. The lowest BCUT2D eigenvalue weighted by molar-refractivity contribution is -0.113. The number of rotatable bonds is 6. The first-order valence-electron chi connectivity index (χ1n) is 8.76. The molecular weight excluding hydrogens is 409 g/mol. The lowest BCUT2D eigenvalue weighted by Gasteiger charge is -2.27. The number of anilines is 2. The van der Waals surface area contributed by atoms with E-state index in [1.165, 1.54) is 11.8 Å². The first-order valence-corrected chi connectivity index (χ1v) is 10.5. The minimum atomic E-state index is -0.142. The van der Waals surface area contributed by atoms with Gasteiger partial charge in [0, 0.05) is 34.9 Å². The molecular formula is C17H19Cl2N5O2S. The molecule has 0 unspecified atom stereocenters. The van der Waals surface area contributed by atoms with E-state index < -0.39 is 0 Å². The van der Waals surface area contributed by atoms with Crippen LogP contribution in [0.1, 0.15) is 18.9 Å². The summed E-state index contributed by atoms with van der Waals surface area (Å²) in [5.74, 6) is 0.972. The Balaban J connectivity index is 1.42. The Bertz CT molecular complexity index is 816. The number of aromatic nitrogens is 3. The van der Waals surface area contributed by atoms with E-state index in [-0.39, 0.29) is 11.7 Å². The summed E-state index contributed by atoms with van der Waals surface area (Å²) in [6, 6.07) is 5.38. The largest absolute Gasteiger partial charge is 0.378 e. The quantitative estimate of drug-likeness (QED) is 0.711. The van der Waals surface area contributed by atoms with Gasteiger partial charge in [-0.3, -0.25) is 9.36 Å². The van der Waals surface area contributed by atoms with Crippen molar-refractivity contribution in [3.05, 3.63) is 28.2 Å². The number of nitrogens with one attached hydrogen (secondary N) is 1. The number of ether oxygens (including phenoxy) is 1. The Labute approximate surface area is 171 Å². The number of amides is 1. The van der Waals surface area contributed by atoms with E-state index in [4.69, 9.17) is 27.9 Å². The van der Waals surface area contributed by atoms with E-state index in [1.54, 1.807) is 18.2 Å². The van der Waals surface area contributed by atoms with E-state index in [1.807, 2.05) is 0 Å². The maximum atomic E-state index is 12.3. The van der Waals surface area contributed by atoms with E-state index in [0.717, 1.165) is 37.0 Å². The lowest BCUT2D eigenvalue weighted by atomic mass is 10.3. The smallest absolute Gasteiger partial charge is 0.234 e. The maximum Gasteiger partial charge on any atom is 0.234 e. The molecule has 4 rings (SSSR count). The molecule has 1 aliphatic heterocycles. The average Bonchev–Trinajstić information content (AvgIpc) is 3.39. The normalized spacial score (nSPS) is 17.2. The van der Waals surface area contributed by atoms with Crippen LogP contribution in [-0.2, 0) is 9.53 Å². The zero-order valence-electron chi connectivity index (χ0n) is 14.5. The number of hydrogen-bond donors (Lipinski definition) is 1. The molecule has 2 heterocycles. The highest BCUT2D eigenvalue weighted by Gasteiger charge is 2.32. The summed E-state index contributed by atoms with van der Waals surface area (Å²) in [4.78, 5) is 14.5. The van der Waals surface area contributed by atoms with Crippen LogP contribution in [0.5, 0.6) is 0 Å². The molecule has 144 valence electrons. The fourth-order valence-corrected chi connectivity index (χ4v) is 4.28. The predicted octanol–water partition coefficient (Wildman–Crippen LogP) is 3.49. The molecule has 2 aliphatic rings. The van der Waals surface area contributed by atoms with E-state index in [9.17, 15) is 4.79 Å². The minimum Gasteiger partial charge on any atom is -0.378 e. The third-order valence-corrected chi connectivity index (χ3v) is 5.71. The molecule has 1 aromatic carbocycles. The van der Waals surface area contributed by atoms with Gasteiger partial charge in [-0.25, -0.2) is 0 Å². The van der Waals surface area contributed by atoms with Crippen LogP contribution in [0.4, 0.5) is 11.6 Å². The summed E-state index contributed by atoms with van der Waals surface area (Å²) >= 11 is 13.3. The third kappa shape index (κ3) is 4.68. The molecule has 2 aromatic rings. The monoisotopic (exact) mass is 427 g/mol. The van der Waals surface area contributed by atoms with Crippen LogP contribution < -0.4 is 10.2 Å². The topological polar surface area (TPSA) is 72.3 Å². The van der Waals surface area contributed by atoms with Crippen molar-refractivity contribution in [3.8, 4) is 0 Å². The highest BCUT2D eigenvalue weighted by atomic mass is 35.5. The van der Waals surface area contributed by atoms with Crippen LogP contribution in [0.25, 0.3) is 0 Å². The van der Waals surface area contributed by atoms with Gasteiger partial charge in [-0.1, -0.05) is 35.0 Å². The first kappa shape index (κ1) is 18.9. The van der Waals surface area contributed by atoms with Gasteiger partial charge in [0.15, 0.2) is 5.16 Å². The second-order valence-corrected chi connectivity index (χ2v) is 8.29. The highest BCUT2D eigenvalue weighted by Crippen LogP contribution is 2.41. The van der Waals surface area contributed by atoms with Gasteiger partial charge in [0.05, 0.1) is 19.0 Å². The van der Waals surface area contributed by atoms with Gasteiger partial charge in [-0.2, -0.15) is 0 Å². The lowest BCUT2D eigenvalue weighted by Crippen LogP contribution is -2.38. The molecule has 7 nitrogen and oxygen atoms in total. The van der Waals surface area contributed by atoms with Gasteiger partial charge >= 0.3 is 0 Å². The molecule has 0 spiro atoms. The highest BCUT2D eigenvalue weighted by molar-refractivity contribution is 7.99. The maximum absolute atomic E-state index is 12.3. The number of carbonyl (C=O) groups is 1. The second-order valence-electron chi connectivity index (χ2n) is 6.48. The van der Waals surface area contributed by atoms with Crippen molar-refractivity contribution in [2.45, 2.75) is 24.0 Å². The summed E-state index contributed by atoms with van der Waals surface area (Å²) in [6.45, 7) is 3.02. The first-order chi connectivity index (χ1) is 13.1.